The second kappa shape index (κ2) is 9.43. The highest BCUT2D eigenvalue weighted by molar-refractivity contribution is 6.42. The minimum atomic E-state index is -0.142. The van der Waals surface area contributed by atoms with E-state index < -0.39 is 0 Å². The molecule has 0 saturated carbocycles. The fraction of sp³-hybridized carbons (Fsp3) is 0.333. The third-order valence-electron chi connectivity index (χ3n) is 5.81. The summed E-state index contributed by atoms with van der Waals surface area (Å²) in [5, 5.41) is 5.25. The molecule has 0 radical (unpaired) electrons. The molecule has 1 aliphatic heterocycles. The number of carbonyl (C=O) groups is 2. The van der Waals surface area contributed by atoms with Gasteiger partial charge in [-0.3, -0.25) is 9.59 Å². The van der Waals surface area contributed by atoms with Gasteiger partial charge in [-0.25, -0.2) is 9.67 Å². The van der Waals surface area contributed by atoms with E-state index in [1.54, 1.807) is 35.3 Å². The second-order valence-electron chi connectivity index (χ2n) is 8.26. The lowest BCUT2D eigenvalue weighted by atomic mass is 9.88. The first-order valence-corrected chi connectivity index (χ1v) is 11.4. The van der Waals surface area contributed by atoms with Crippen molar-refractivity contribution in [3.8, 4) is 5.82 Å². The zero-order chi connectivity index (χ0) is 22.8. The lowest BCUT2D eigenvalue weighted by molar-refractivity contribution is 0.0649. The molecular formula is C24H24Cl2N4O2. The highest BCUT2D eigenvalue weighted by Gasteiger charge is 2.31. The van der Waals surface area contributed by atoms with Crippen LogP contribution in [0.4, 0.5) is 0 Å². The molecule has 0 unspecified atom stereocenters. The number of ketones is 1. The first-order chi connectivity index (χ1) is 15.4. The number of amides is 1. The molecule has 1 saturated heterocycles. The number of rotatable bonds is 5. The van der Waals surface area contributed by atoms with Gasteiger partial charge in [-0.15, -0.1) is 0 Å². The molecule has 1 amide bonds. The van der Waals surface area contributed by atoms with Crippen LogP contribution in [0.15, 0.2) is 48.8 Å². The van der Waals surface area contributed by atoms with Crippen molar-refractivity contribution in [3.05, 3.63) is 75.7 Å². The van der Waals surface area contributed by atoms with Crippen LogP contribution < -0.4 is 0 Å². The third-order valence-corrected chi connectivity index (χ3v) is 6.55. The van der Waals surface area contributed by atoms with Gasteiger partial charge in [0.25, 0.3) is 5.91 Å². The van der Waals surface area contributed by atoms with Gasteiger partial charge in [0.15, 0.2) is 11.6 Å². The predicted octanol–water partition coefficient (Wildman–Crippen LogP) is 5.43. The van der Waals surface area contributed by atoms with Gasteiger partial charge in [-0.05, 0) is 49.1 Å². The van der Waals surface area contributed by atoms with E-state index in [1.165, 1.54) is 0 Å². The Morgan fingerprint density at radius 3 is 2.44 bits per heavy atom. The van der Waals surface area contributed by atoms with E-state index in [1.807, 2.05) is 36.9 Å². The molecule has 3 aromatic rings. The summed E-state index contributed by atoms with van der Waals surface area (Å²) in [7, 11) is 0. The molecule has 0 aliphatic carbocycles. The van der Waals surface area contributed by atoms with Gasteiger partial charge in [-0.2, -0.15) is 5.10 Å². The second-order valence-corrected chi connectivity index (χ2v) is 9.07. The summed E-state index contributed by atoms with van der Waals surface area (Å²) in [6.07, 6.45) is 4.55. The monoisotopic (exact) mass is 470 g/mol. The lowest BCUT2D eigenvalue weighted by Crippen LogP contribution is -2.40. The smallest absolute Gasteiger partial charge is 0.257 e. The number of likely N-dealkylation sites (tertiary alicyclic amines) is 1. The van der Waals surface area contributed by atoms with E-state index >= 15 is 0 Å². The van der Waals surface area contributed by atoms with Crippen molar-refractivity contribution in [2.75, 3.05) is 13.1 Å². The van der Waals surface area contributed by atoms with E-state index in [-0.39, 0.29) is 23.5 Å². The number of piperidine rings is 1. The third kappa shape index (κ3) is 4.43. The molecule has 0 spiro atoms. The molecule has 32 heavy (non-hydrogen) atoms. The maximum atomic E-state index is 13.3. The van der Waals surface area contributed by atoms with Crippen molar-refractivity contribution in [3.63, 3.8) is 0 Å². The number of halogens is 2. The zero-order valence-corrected chi connectivity index (χ0v) is 19.5. The molecule has 8 heteroatoms. The molecule has 2 aromatic heterocycles. The molecule has 166 valence electrons. The van der Waals surface area contributed by atoms with Gasteiger partial charge in [0.1, 0.15) is 0 Å². The van der Waals surface area contributed by atoms with Gasteiger partial charge in [0, 0.05) is 30.8 Å². The van der Waals surface area contributed by atoms with E-state index in [4.69, 9.17) is 23.2 Å². The Balaban J connectivity index is 1.48. The minimum absolute atomic E-state index is 0.0431. The van der Waals surface area contributed by atoms with Crippen LogP contribution in [0.25, 0.3) is 5.82 Å². The summed E-state index contributed by atoms with van der Waals surface area (Å²) in [5.74, 6) is 0.614. The number of nitrogens with zero attached hydrogens (tertiary/aromatic N) is 4. The van der Waals surface area contributed by atoms with Crippen LogP contribution in [0.2, 0.25) is 10.0 Å². The quantitative estimate of drug-likeness (QED) is 0.466. The predicted molar refractivity (Wildman–Crippen MR) is 125 cm³/mol. The SMILES string of the molecule is CC(C)c1c(C(=O)N2CCC(C(=O)c3ccc(Cl)c(Cl)c3)CC2)cnn1-c1ccccn1. The van der Waals surface area contributed by atoms with Crippen LogP contribution in [-0.4, -0.2) is 44.4 Å². The standard InChI is InChI=1S/C24H24Cl2N4O2/c1-15(2)22-18(14-28-30(22)21-5-3-4-10-27-21)24(32)29-11-8-16(9-12-29)23(31)17-6-7-19(25)20(26)13-17/h3-7,10,13-16H,8-9,11-12H2,1-2H3. The van der Waals surface area contributed by atoms with E-state index in [0.29, 0.717) is 52.9 Å². The Morgan fingerprint density at radius 2 is 1.81 bits per heavy atom. The average Bonchev–Trinajstić information content (AvgIpc) is 3.26. The minimum Gasteiger partial charge on any atom is -0.338 e. The number of hydrogen-bond acceptors (Lipinski definition) is 4. The Bertz CT molecular complexity index is 1140. The topological polar surface area (TPSA) is 68.1 Å². The maximum Gasteiger partial charge on any atom is 0.257 e. The molecular weight excluding hydrogens is 447 g/mol. The average molecular weight is 471 g/mol. The summed E-state index contributed by atoms with van der Waals surface area (Å²) in [6, 6.07) is 10.6. The van der Waals surface area contributed by atoms with Gasteiger partial charge < -0.3 is 4.90 Å². The Morgan fingerprint density at radius 1 is 1.06 bits per heavy atom. The van der Waals surface area contributed by atoms with E-state index in [2.05, 4.69) is 10.1 Å². The fourth-order valence-corrected chi connectivity index (χ4v) is 4.44. The Labute approximate surface area is 197 Å². The number of Topliss-reactive ketones (excluding diaryl/α,β-unsaturated/α-hetero) is 1. The first-order valence-electron chi connectivity index (χ1n) is 10.6. The van der Waals surface area contributed by atoms with Gasteiger partial charge in [0.05, 0.1) is 27.5 Å². The Hall–Kier alpha value is -2.70. The molecule has 0 bridgehead atoms. The summed E-state index contributed by atoms with van der Waals surface area (Å²) >= 11 is 12.0. The van der Waals surface area contributed by atoms with Gasteiger partial charge in [-0.1, -0.05) is 43.1 Å². The van der Waals surface area contributed by atoms with Crippen LogP contribution >= 0.6 is 23.2 Å². The first kappa shape index (κ1) is 22.5. The number of aromatic nitrogens is 3. The number of hydrogen-bond donors (Lipinski definition) is 0. The van der Waals surface area contributed by atoms with Gasteiger partial charge in [0.2, 0.25) is 0 Å². The highest BCUT2D eigenvalue weighted by atomic mass is 35.5. The lowest BCUT2D eigenvalue weighted by Gasteiger charge is -2.31. The van der Waals surface area contributed by atoms with Crippen molar-refractivity contribution in [1.82, 2.24) is 19.7 Å². The van der Waals surface area contributed by atoms with Crippen molar-refractivity contribution in [1.29, 1.82) is 0 Å². The van der Waals surface area contributed by atoms with Crippen molar-refractivity contribution in [2.24, 2.45) is 5.92 Å². The molecule has 1 fully saturated rings. The van der Waals surface area contributed by atoms with Crippen molar-refractivity contribution < 1.29 is 9.59 Å². The van der Waals surface area contributed by atoms with E-state index in [0.717, 1.165) is 5.69 Å². The van der Waals surface area contributed by atoms with Crippen LogP contribution in [0, 0.1) is 5.92 Å². The van der Waals surface area contributed by atoms with E-state index in [9.17, 15) is 9.59 Å². The zero-order valence-electron chi connectivity index (χ0n) is 18.0. The maximum absolute atomic E-state index is 13.3. The molecule has 0 atom stereocenters. The Kier molecular flexibility index (Phi) is 6.63. The number of pyridine rings is 1. The summed E-state index contributed by atoms with van der Waals surface area (Å²) in [5.41, 5.74) is 1.98. The summed E-state index contributed by atoms with van der Waals surface area (Å²) in [4.78, 5) is 32.4. The normalized spacial score (nSPS) is 14.7. The highest BCUT2D eigenvalue weighted by Crippen LogP contribution is 2.29. The van der Waals surface area contributed by atoms with Crippen molar-refractivity contribution in [2.45, 2.75) is 32.6 Å². The molecule has 0 N–H and O–H groups in total. The number of benzene rings is 1. The number of carbonyl (C=O) groups excluding carboxylic acids is 2. The van der Waals surface area contributed by atoms with Gasteiger partial charge >= 0.3 is 0 Å². The molecule has 3 heterocycles. The molecule has 1 aromatic carbocycles. The van der Waals surface area contributed by atoms with Crippen molar-refractivity contribution >= 4 is 34.9 Å². The molecule has 6 nitrogen and oxygen atoms in total. The molecule has 1 aliphatic rings. The van der Waals surface area contributed by atoms with Crippen LogP contribution in [0.3, 0.4) is 0 Å². The summed E-state index contributed by atoms with van der Waals surface area (Å²) < 4.78 is 1.73. The van der Waals surface area contributed by atoms with Crippen LogP contribution in [0.5, 0.6) is 0 Å². The summed E-state index contributed by atoms with van der Waals surface area (Å²) in [6.45, 7) is 5.11. The van der Waals surface area contributed by atoms with Crippen LogP contribution in [0.1, 0.15) is 59.0 Å². The largest absolute Gasteiger partial charge is 0.338 e. The fourth-order valence-electron chi connectivity index (χ4n) is 4.14. The van der Waals surface area contributed by atoms with Crippen LogP contribution in [-0.2, 0) is 0 Å². The molecule has 4 rings (SSSR count).